The van der Waals surface area contributed by atoms with E-state index in [-0.39, 0.29) is 0 Å². The Kier molecular flexibility index (Phi) is 3.83. The first-order valence-corrected chi connectivity index (χ1v) is 6.20. The first-order valence-electron chi connectivity index (χ1n) is 6.20. The number of hydrogen-bond donors (Lipinski definition) is 1. The van der Waals surface area contributed by atoms with Gasteiger partial charge in [-0.05, 0) is 50.3 Å². The molecule has 0 aliphatic heterocycles. The summed E-state index contributed by atoms with van der Waals surface area (Å²) >= 11 is 0. The van der Waals surface area contributed by atoms with Gasteiger partial charge in [0, 0.05) is 0 Å². The minimum absolute atomic E-state index is 0.373. The fourth-order valence-corrected chi connectivity index (χ4v) is 2.22. The molecule has 1 aliphatic rings. The summed E-state index contributed by atoms with van der Waals surface area (Å²) in [6, 6.07) is 7.79. The van der Waals surface area contributed by atoms with Crippen molar-refractivity contribution in [3.63, 3.8) is 0 Å². The second-order valence-electron chi connectivity index (χ2n) is 4.63. The predicted octanol–water partition coefficient (Wildman–Crippen LogP) is 3.45. The van der Waals surface area contributed by atoms with Crippen LogP contribution < -0.4 is 4.74 Å². The Morgan fingerprint density at radius 3 is 2.69 bits per heavy atom. The largest absolute Gasteiger partial charge is 0.490 e. The van der Waals surface area contributed by atoms with Gasteiger partial charge >= 0.3 is 0 Å². The highest BCUT2D eigenvalue weighted by molar-refractivity contribution is 5.29. The Morgan fingerprint density at radius 2 is 2.00 bits per heavy atom. The van der Waals surface area contributed by atoms with E-state index in [4.69, 9.17) is 4.74 Å². The van der Waals surface area contributed by atoms with Crippen LogP contribution in [0, 0.1) is 0 Å². The van der Waals surface area contributed by atoms with Gasteiger partial charge in [-0.25, -0.2) is 0 Å². The Bertz CT molecular complexity index is 327. The van der Waals surface area contributed by atoms with Gasteiger partial charge in [0.25, 0.3) is 0 Å². The van der Waals surface area contributed by atoms with Crippen LogP contribution in [0.4, 0.5) is 0 Å². The van der Waals surface area contributed by atoms with Crippen molar-refractivity contribution in [3.05, 3.63) is 29.8 Å². The molecule has 0 heterocycles. The van der Waals surface area contributed by atoms with Crippen molar-refractivity contribution in [2.75, 3.05) is 0 Å². The van der Waals surface area contributed by atoms with Crippen LogP contribution in [-0.2, 0) is 0 Å². The minimum Gasteiger partial charge on any atom is -0.490 e. The number of hydrogen-bond acceptors (Lipinski definition) is 2. The quantitative estimate of drug-likeness (QED) is 0.845. The number of rotatable bonds is 3. The third-order valence-corrected chi connectivity index (χ3v) is 3.20. The average molecular weight is 220 g/mol. The van der Waals surface area contributed by atoms with Crippen LogP contribution in [0.5, 0.6) is 5.75 Å². The Morgan fingerprint density at radius 1 is 1.25 bits per heavy atom. The third kappa shape index (κ3) is 2.99. The molecule has 0 spiro atoms. The normalized spacial score (nSPS) is 19.4. The van der Waals surface area contributed by atoms with Crippen LogP contribution in [0.25, 0.3) is 0 Å². The zero-order chi connectivity index (χ0) is 11.4. The topological polar surface area (TPSA) is 29.5 Å². The van der Waals surface area contributed by atoms with Gasteiger partial charge in [0.15, 0.2) is 0 Å². The summed E-state index contributed by atoms with van der Waals surface area (Å²) in [5.41, 5.74) is 0.924. The molecule has 1 saturated carbocycles. The minimum atomic E-state index is -0.421. The highest BCUT2D eigenvalue weighted by Gasteiger charge is 2.15. The zero-order valence-corrected chi connectivity index (χ0v) is 9.86. The molecule has 1 aromatic rings. The van der Waals surface area contributed by atoms with E-state index in [1.807, 2.05) is 24.3 Å². The van der Waals surface area contributed by atoms with E-state index in [1.165, 1.54) is 32.1 Å². The van der Waals surface area contributed by atoms with E-state index in [2.05, 4.69) is 0 Å². The van der Waals surface area contributed by atoms with Crippen molar-refractivity contribution in [1.29, 1.82) is 0 Å². The summed E-state index contributed by atoms with van der Waals surface area (Å²) in [7, 11) is 0. The number of benzene rings is 1. The van der Waals surface area contributed by atoms with Gasteiger partial charge in [-0.3, -0.25) is 0 Å². The van der Waals surface area contributed by atoms with Crippen molar-refractivity contribution in [2.45, 2.75) is 51.2 Å². The molecule has 2 heteroatoms. The number of ether oxygens (including phenoxy) is 1. The van der Waals surface area contributed by atoms with Crippen LogP contribution in [-0.4, -0.2) is 11.2 Å². The summed E-state index contributed by atoms with van der Waals surface area (Å²) in [4.78, 5) is 0. The molecule has 16 heavy (non-hydrogen) atoms. The second-order valence-corrected chi connectivity index (χ2v) is 4.63. The molecule has 0 bridgehead atoms. The van der Waals surface area contributed by atoms with E-state index in [0.29, 0.717) is 6.10 Å². The zero-order valence-electron chi connectivity index (χ0n) is 9.86. The lowest BCUT2D eigenvalue weighted by atomic mass is 9.98. The van der Waals surface area contributed by atoms with E-state index < -0.39 is 6.10 Å². The summed E-state index contributed by atoms with van der Waals surface area (Å²) in [5, 5.41) is 9.50. The maximum absolute atomic E-state index is 9.50. The van der Waals surface area contributed by atoms with Crippen LogP contribution >= 0.6 is 0 Å². The van der Waals surface area contributed by atoms with Gasteiger partial charge in [-0.1, -0.05) is 18.6 Å². The molecule has 2 nitrogen and oxygen atoms in total. The van der Waals surface area contributed by atoms with Gasteiger partial charge in [0.05, 0.1) is 12.2 Å². The van der Waals surface area contributed by atoms with Crippen molar-refractivity contribution in [2.24, 2.45) is 0 Å². The van der Waals surface area contributed by atoms with Gasteiger partial charge < -0.3 is 9.84 Å². The van der Waals surface area contributed by atoms with Gasteiger partial charge in [0.1, 0.15) is 5.75 Å². The summed E-state index contributed by atoms with van der Waals surface area (Å²) in [5.74, 6) is 0.894. The first-order chi connectivity index (χ1) is 7.75. The molecule has 1 unspecified atom stereocenters. The first kappa shape index (κ1) is 11.5. The maximum Gasteiger partial charge on any atom is 0.120 e. The standard InChI is InChI=1S/C14H20O2/c1-11(15)12-6-5-9-14(10-12)16-13-7-3-2-4-8-13/h5-6,9-11,13,15H,2-4,7-8H2,1H3. The highest BCUT2D eigenvalue weighted by Crippen LogP contribution is 2.25. The number of aliphatic hydroxyl groups excluding tert-OH is 1. The van der Waals surface area contributed by atoms with E-state index in [9.17, 15) is 5.11 Å². The SMILES string of the molecule is CC(O)c1cccc(OC2CCCCC2)c1. The van der Waals surface area contributed by atoms with Crippen LogP contribution in [0.15, 0.2) is 24.3 Å². The highest BCUT2D eigenvalue weighted by atomic mass is 16.5. The molecular formula is C14H20O2. The number of aliphatic hydroxyl groups is 1. The van der Waals surface area contributed by atoms with E-state index in [0.717, 1.165) is 11.3 Å². The molecule has 1 N–H and O–H groups in total. The lowest BCUT2D eigenvalue weighted by Gasteiger charge is -2.23. The Balaban J connectivity index is 2.00. The molecule has 0 radical (unpaired) electrons. The molecule has 2 rings (SSSR count). The lowest BCUT2D eigenvalue weighted by molar-refractivity contribution is 0.153. The molecule has 1 fully saturated rings. The lowest BCUT2D eigenvalue weighted by Crippen LogP contribution is -2.19. The second kappa shape index (κ2) is 5.35. The summed E-state index contributed by atoms with van der Waals surface area (Å²) in [6.45, 7) is 1.78. The summed E-state index contributed by atoms with van der Waals surface area (Å²) < 4.78 is 5.94. The van der Waals surface area contributed by atoms with Crippen molar-refractivity contribution in [3.8, 4) is 5.75 Å². The van der Waals surface area contributed by atoms with Crippen molar-refractivity contribution >= 4 is 0 Å². The molecular weight excluding hydrogens is 200 g/mol. The van der Waals surface area contributed by atoms with Gasteiger partial charge in [-0.2, -0.15) is 0 Å². The van der Waals surface area contributed by atoms with Gasteiger partial charge in [0.2, 0.25) is 0 Å². The third-order valence-electron chi connectivity index (χ3n) is 3.20. The fraction of sp³-hybridized carbons (Fsp3) is 0.571. The predicted molar refractivity (Wildman–Crippen MR) is 64.6 cm³/mol. The van der Waals surface area contributed by atoms with Crippen molar-refractivity contribution < 1.29 is 9.84 Å². The molecule has 88 valence electrons. The van der Waals surface area contributed by atoms with Crippen LogP contribution in [0.1, 0.15) is 50.7 Å². The van der Waals surface area contributed by atoms with Gasteiger partial charge in [-0.15, -0.1) is 0 Å². The smallest absolute Gasteiger partial charge is 0.120 e. The molecule has 0 saturated heterocycles. The monoisotopic (exact) mass is 220 g/mol. The van der Waals surface area contributed by atoms with E-state index in [1.54, 1.807) is 6.92 Å². The molecule has 0 amide bonds. The van der Waals surface area contributed by atoms with Crippen LogP contribution in [0.3, 0.4) is 0 Å². The average Bonchev–Trinajstić information content (AvgIpc) is 2.30. The maximum atomic E-state index is 9.50. The van der Waals surface area contributed by atoms with E-state index >= 15 is 0 Å². The molecule has 1 atom stereocenters. The fourth-order valence-electron chi connectivity index (χ4n) is 2.22. The summed E-state index contributed by atoms with van der Waals surface area (Å²) in [6.07, 6.45) is 6.18. The Hall–Kier alpha value is -1.02. The molecule has 1 aromatic carbocycles. The van der Waals surface area contributed by atoms with Crippen LogP contribution in [0.2, 0.25) is 0 Å². The molecule has 0 aromatic heterocycles. The molecule has 1 aliphatic carbocycles. The Labute approximate surface area is 97.3 Å². The van der Waals surface area contributed by atoms with Crippen molar-refractivity contribution in [1.82, 2.24) is 0 Å².